The number of benzene rings is 1. The third kappa shape index (κ3) is 3.08. The van der Waals surface area contributed by atoms with E-state index in [9.17, 15) is 34.8 Å². The number of halogens is 1. The van der Waals surface area contributed by atoms with Crippen LogP contribution < -0.4 is 5.73 Å². The Morgan fingerprint density at radius 1 is 1.26 bits per heavy atom. The van der Waals surface area contributed by atoms with E-state index in [2.05, 4.69) is 29.2 Å². The highest BCUT2D eigenvalue weighted by atomic mass is 127. The molecule has 34 heavy (non-hydrogen) atoms. The number of aliphatic hydroxyl groups is 3. The Balaban J connectivity index is 2.01. The van der Waals surface area contributed by atoms with E-state index in [4.69, 9.17) is 5.73 Å². The molecule has 1 aromatic rings. The number of allylic oxidation sites excluding steroid dienone is 1. The quantitative estimate of drug-likeness (QED) is 0.266. The minimum atomic E-state index is -2.64. The van der Waals surface area contributed by atoms with Crippen molar-refractivity contribution in [3.63, 3.8) is 0 Å². The number of nitrogens with zero attached hydrogens (tertiary/aromatic N) is 1. The maximum atomic E-state index is 13.8. The Kier molecular flexibility index (Phi) is 5.69. The monoisotopic (exact) mass is 580 g/mol. The number of aromatic hydroxyl groups is 1. The topological polar surface area (TPSA) is 161 Å². The molecular weight excluding hydrogens is 555 g/mol. The van der Waals surface area contributed by atoms with E-state index in [1.54, 1.807) is 27.1 Å². The average molecular weight is 580 g/mol. The molecule has 4 rings (SSSR count). The SMILES string of the molecule is C=C(C)c1cc(I)c2c(c1O)C(O)=C1C(=O)[C@]3(O)C(O)=C(C(N)=O)C(=O)[C@@H](N(C)C)[C@@H]3C[C@@H]1C2. The van der Waals surface area contributed by atoms with Gasteiger partial charge in [-0.15, -0.1) is 0 Å². The first-order chi connectivity index (χ1) is 15.7. The highest BCUT2D eigenvalue weighted by Crippen LogP contribution is 2.53. The predicted octanol–water partition coefficient (Wildman–Crippen LogP) is 1.60. The lowest BCUT2D eigenvalue weighted by atomic mass is 9.57. The number of hydrogen-bond acceptors (Lipinski definition) is 8. The summed E-state index contributed by atoms with van der Waals surface area (Å²) in [5.41, 5.74) is 3.34. The number of primary amides is 1. The standard InChI is InChI=1S/C24H25IN2O7/c1-8(2)10-7-13(25)11-5-9-6-12-17(27(3)4)20(30)16(23(26)33)22(32)24(12,34)21(31)14(9)19(29)15(11)18(10)28/h7,9,12,17,28-29,32,34H,1,5-6H2,2-4H3,(H2,26,33)/t9-,12-,17-,24-/m0/s1. The van der Waals surface area contributed by atoms with Crippen LogP contribution in [0.1, 0.15) is 30.0 Å². The molecule has 0 aromatic heterocycles. The molecule has 0 spiro atoms. The van der Waals surface area contributed by atoms with E-state index in [0.29, 0.717) is 16.7 Å². The number of carbonyl (C=O) groups excluding carboxylic acids is 3. The number of phenols is 1. The second-order valence-electron chi connectivity index (χ2n) is 9.35. The van der Waals surface area contributed by atoms with Crippen LogP contribution in [0.25, 0.3) is 11.3 Å². The maximum absolute atomic E-state index is 13.8. The highest BCUT2D eigenvalue weighted by molar-refractivity contribution is 14.1. The van der Waals surface area contributed by atoms with Crippen molar-refractivity contribution in [1.29, 1.82) is 0 Å². The molecule has 0 saturated heterocycles. The molecule has 180 valence electrons. The zero-order valence-corrected chi connectivity index (χ0v) is 21.0. The lowest BCUT2D eigenvalue weighted by Gasteiger charge is -2.50. The van der Waals surface area contributed by atoms with Crippen LogP contribution >= 0.6 is 22.6 Å². The van der Waals surface area contributed by atoms with Crippen molar-refractivity contribution in [2.45, 2.75) is 31.4 Å². The van der Waals surface area contributed by atoms with E-state index in [-0.39, 0.29) is 29.7 Å². The van der Waals surface area contributed by atoms with E-state index >= 15 is 0 Å². The fraction of sp³-hybridized carbons (Fsp3) is 0.375. The van der Waals surface area contributed by atoms with Crippen molar-refractivity contribution in [3.05, 3.63) is 49.8 Å². The van der Waals surface area contributed by atoms with E-state index in [1.807, 2.05) is 0 Å². The maximum Gasteiger partial charge on any atom is 0.255 e. The first-order valence-electron chi connectivity index (χ1n) is 10.6. The fourth-order valence-electron chi connectivity index (χ4n) is 5.59. The fourth-order valence-corrected chi connectivity index (χ4v) is 6.39. The summed E-state index contributed by atoms with van der Waals surface area (Å²) in [5, 5.41) is 44.5. The number of rotatable bonds is 3. The minimum Gasteiger partial charge on any atom is -0.508 e. The molecule has 9 nitrogen and oxygen atoms in total. The van der Waals surface area contributed by atoms with Crippen LogP contribution in [0.3, 0.4) is 0 Å². The summed E-state index contributed by atoms with van der Waals surface area (Å²) < 4.78 is 0.755. The number of likely N-dealkylation sites (N-methyl/N-ethyl adjacent to an activating group) is 1. The summed E-state index contributed by atoms with van der Waals surface area (Å²) in [6, 6.07) is 0.646. The van der Waals surface area contributed by atoms with Crippen molar-refractivity contribution >= 4 is 51.4 Å². The zero-order chi connectivity index (χ0) is 25.4. The van der Waals surface area contributed by atoms with Gasteiger partial charge in [0.05, 0.1) is 11.6 Å². The molecule has 0 bridgehead atoms. The van der Waals surface area contributed by atoms with Crippen LogP contribution in [0.4, 0.5) is 0 Å². The van der Waals surface area contributed by atoms with Gasteiger partial charge in [0.1, 0.15) is 22.8 Å². The summed E-state index contributed by atoms with van der Waals surface area (Å²) in [6.45, 7) is 5.54. The van der Waals surface area contributed by atoms with Gasteiger partial charge in [-0.1, -0.05) is 6.58 Å². The molecule has 0 radical (unpaired) electrons. The van der Waals surface area contributed by atoms with Gasteiger partial charge >= 0.3 is 0 Å². The van der Waals surface area contributed by atoms with Gasteiger partial charge in [-0.3, -0.25) is 19.3 Å². The van der Waals surface area contributed by atoms with Crippen LogP contribution in [-0.2, 0) is 20.8 Å². The van der Waals surface area contributed by atoms with E-state index in [0.717, 1.165) is 3.57 Å². The molecule has 0 unspecified atom stereocenters. The van der Waals surface area contributed by atoms with Gasteiger partial charge in [0.15, 0.2) is 11.4 Å². The summed E-state index contributed by atoms with van der Waals surface area (Å²) >= 11 is 2.09. The van der Waals surface area contributed by atoms with Gasteiger partial charge in [-0.25, -0.2) is 0 Å². The van der Waals surface area contributed by atoms with Crippen molar-refractivity contribution < 1.29 is 34.8 Å². The van der Waals surface area contributed by atoms with Gasteiger partial charge < -0.3 is 26.2 Å². The predicted molar refractivity (Wildman–Crippen MR) is 132 cm³/mol. The Bertz CT molecular complexity index is 1260. The Morgan fingerprint density at radius 3 is 2.41 bits per heavy atom. The Morgan fingerprint density at radius 2 is 1.88 bits per heavy atom. The molecule has 1 amide bonds. The molecule has 1 fully saturated rings. The summed E-state index contributed by atoms with van der Waals surface area (Å²) in [5.74, 6) is -6.59. The lowest BCUT2D eigenvalue weighted by Crippen LogP contribution is -2.65. The number of amides is 1. The molecule has 3 aliphatic carbocycles. The van der Waals surface area contributed by atoms with Crippen molar-refractivity contribution in [3.8, 4) is 5.75 Å². The number of nitrogens with two attached hydrogens (primary N) is 1. The van der Waals surface area contributed by atoms with Crippen molar-refractivity contribution in [2.24, 2.45) is 17.6 Å². The highest BCUT2D eigenvalue weighted by Gasteiger charge is 2.64. The van der Waals surface area contributed by atoms with Crippen LogP contribution in [0, 0.1) is 15.4 Å². The first kappa shape index (κ1) is 24.4. The number of aliphatic hydroxyl groups excluding tert-OH is 2. The normalized spacial score (nSPS) is 28.6. The number of fused-ring (bicyclic) bond motifs is 3. The summed E-state index contributed by atoms with van der Waals surface area (Å²) in [7, 11) is 3.13. The van der Waals surface area contributed by atoms with Gasteiger partial charge in [0.2, 0.25) is 5.78 Å². The Hall–Kier alpha value is -2.70. The molecule has 1 aromatic carbocycles. The largest absolute Gasteiger partial charge is 0.508 e. The van der Waals surface area contributed by atoms with Crippen molar-refractivity contribution in [2.75, 3.05) is 14.1 Å². The smallest absolute Gasteiger partial charge is 0.255 e. The Labute approximate surface area is 209 Å². The third-order valence-electron chi connectivity index (χ3n) is 7.13. The molecule has 10 heteroatoms. The number of Topliss-reactive ketones (excluding diaryl/α,β-unsaturated/α-hetero) is 2. The molecule has 0 heterocycles. The van der Waals surface area contributed by atoms with Gasteiger partial charge in [-0.05, 0) is 79.6 Å². The molecule has 3 aliphatic rings. The van der Waals surface area contributed by atoms with E-state index in [1.165, 1.54) is 4.90 Å². The van der Waals surface area contributed by atoms with Gasteiger partial charge in [0, 0.05) is 20.6 Å². The third-order valence-corrected chi connectivity index (χ3v) is 8.09. The number of phenolic OH excluding ortho intramolecular Hbond substituents is 1. The van der Waals surface area contributed by atoms with Crippen LogP contribution in [-0.4, -0.2) is 68.5 Å². The van der Waals surface area contributed by atoms with Crippen LogP contribution in [0.5, 0.6) is 5.75 Å². The number of hydrogen-bond donors (Lipinski definition) is 5. The van der Waals surface area contributed by atoms with Crippen LogP contribution in [0.15, 0.2) is 29.6 Å². The second-order valence-corrected chi connectivity index (χ2v) is 10.5. The average Bonchev–Trinajstić information content (AvgIpc) is 2.72. The molecule has 6 N–H and O–H groups in total. The minimum absolute atomic E-state index is 0.0604. The van der Waals surface area contributed by atoms with Gasteiger partial charge in [0.25, 0.3) is 5.91 Å². The molecular formula is C24H25IN2O7. The molecule has 0 aliphatic heterocycles. The summed E-state index contributed by atoms with van der Waals surface area (Å²) in [6.07, 6.45) is 0.321. The lowest BCUT2D eigenvalue weighted by molar-refractivity contribution is -0.153. The van der Waals surface area contributed by atoms with E-state index < -0.39 is 58.0 Å². The van der Waals surface area contributed by atoms with Crippen molar-refractivity contribution in [1.82, 2.24) is 4.90 Å². The van der Waals surface area contributed by atoms with Gasteiger partial charge in [-0.2, -0.15) is 0 Å². The first-order valence-corrected chi connectivity index (χ1v) is 11.7. The second kappa shape index (κ2) is 7.92. The number of ketones is 2. The molecule has 1 saturated carbocycles. The molecule has 4 atom stereocenters. The summed E-state index contributed by atoms with van der Waals surface area (Å²) in [4.78, 5) is 40.3. The zero-order valence-electron chi connectivity index (χ0n) is 18.8. The van der Waals surface area contributed by atoms with Crippen LogP contribution in [0.2, 0.25) is 0 Å². The number of carbonyl (C=O) groups is 3.